The molecule has 0 aliphatic carbocycles. The van der Waals surface area contributed by atoms with Crippen LogP contribution in [0, 0.1) is 11.8 Å². The van der Waals surface area contributed by atoms with Crippen LogP contribution in [-0.4, -0.2) is 18.0 Å². The topological polar surface area (TPSA) is 29.3 Å². The molecule has 1 saturated heterocycles. The first-order valence-electron chi connectivity index (χ1n) is 6.32. The molecule has 2 rings (SSSR count). The summed E-state index contributed by atoms with van der Waals surface area (Å²) in [6.45, 7) is 8.16. The lowest BCUT2D eigenvalue weighted by molar-refractivity contribution is 0.132. The Labute approximate surface area is 112 Å². The molecule has 2 nitrogen and oxygen atoms in total. The van der Waals surface area contributed by atoms with Gasteiger partial charge in [-0.2, -0.15) is 0 Å². The second-order valence-electron chi connectivity index (χ2n) is 5.33. The summed E-state index contributed by atoms with van der Waals surface area (Å²) in [5.41, 5.74) is 7.91. The summed E-state index contributed by atoms with van der Waals surface area (Å²) < 4.78 is 1.13. The van der Waals surface area contributed by atoms with Crippen molar-refractivity contribution in [3.05, 3.63) is 28.2 Å². The number of halogens is 1. The van der Waals surface area contributed by atoms with Crippen molar-refractivity contribution in [2.24, 2.45) is 11.8 Å². The number of anilines is 1. The first-order chi connectivity index (χ1) is 8.06. The van der Waals surface area contributed by atoms with Crippen molar-refractivity contribution in [1.29, 1.82) is 0 Å². The zero-order valence-corrected chi connectivity index (χ0v) is 12.2. The maximum atomic E-state index is 5.76. The smallest absolute Gasteiger partial charge is 0.0325 e. The van der Waals surface area contributed by atoms with Crippen LogP contribution in [0.5, 0.6) is 0 Å². The van der Waals surface area contributed by atoms with E-state index in [2.05, 4.69) is 40.7 Å². The van der Waals surface area contributed by atoms with Crippen LogP contribution in [0.2, 0.25) is 0 Å². The van der Waals surface area contributed by atoms with E-state index in [1.165, 1.54) is 25.1 Å². The summed E-state index contributed by atoms with van der Waals surface area (Å²) in [6.07, 6.45) is 1.31. The molecule has 3 heteroatoms. The molecule has 0 spiro atoms. The third-order valence-corrected chi connectivity index (χ3v) is 4.63. The largest absolute Gasteiger partial charge is 0.399 e. The summed E-state index contributed by atoms with van der Waals surface area (Å²) in [4.78, 5) is 2.54. The van der Waals surface area contributed by atoms with Crippen molar-refractivity contribution in [3.63, 3.8) is 0 Å². The Morgan fingerprint density at radius 3 is 2.76 bits per heavy atom. The highest BCUT2D eigenvalue weighted by atomic mass is 79.9. The molecule has 94 valence electrons. The second-order valence-corrected chi connectivity index (χ2v) is 6.18. The van der Waals surface area contributed by atoms with Gasteiger partial charge in [-0.15, -0.1) is 0 Å². The maximum Gasteiger partial charge on any atom is 0.0325 e. The molecular formula is C14H21BrN2. The average molecular weight is 297 g/mol. The zero-order valence-electron chi connectivity index (χ0n) is 10.6. The van der Waals surface area contributed by atoms with Gasteiger partial charge in [-0.25, -0.2) is 0 Å². The van der Waals surface area contributed by atoms with Crippen molar-refractivity contribution in [2.45, 2.75) is 26.8 Å². The highest BCUT2D eigenvalue weighted by Gasteiger charge is 2.22. The van der Waals surface area contributed by atoms with E-state index >= 15 is 0 Å². The zero-order chi connectivity index (χ0) is 12.4. The minimum Gasteiger partial charge on any atom is -0.399 e. The molecule has 0 radical (unpaired) electrons. The number of nitrogens with zero attached hydrogens (tertiary/aromatic N) is 1. The van der Waals surface area contributed by atoms with Gasteiger partial charge in [0.15, 0.2) is 0 Å². The van der Waals surface area contributed by atoms with Crippen LogP contribution in [0.15, 0.2) is 22.7 Å². The molecule has 0 aromatic heterocycles. The van der Waals surface area contributed by atoms with Gasteiger partial charge >= 0.3 is 0 Å². The van der Waals surface area contributed by atoms with Crippen LogP contribution in [0.4, 0.5) is 5.69 Å². The minimum atomic E-state index is 0.802. The Hall–Kier alpha value is -0.540. The first kappa shape index (κ1) is 12.9. The lowest BCUT2D eigenvalue weighted by Crippen LogP contribution is -2.37. The fraction of sp³-hybridized carbons (Fsp3) is 0.571. The number of hydrogen-bond donors (Lipinski definition) is 1. The molecule has 1 aliphatic rings. The molecule has 2 atom stereocenters. The molecular weight excluding hydrogens is 276 g/mol. The van der Waals surface area contributed by atoms with Crippen molar-refractivity contribution in [3.8, 4) is 0 Å². The molecule has 0 bridgehead atoms. The van der Waals surface area contributed by atoms with Gasteiger partial charge in [0, 0.05) is 23.2 Å². The number of rotatable bonds is 2. The Balaban J connectivity index is 2.01. The molecule has 2 N–H and O–H groups in total. The predicted molar refractivity (Wildman–Crippen MR) is 76.8 cm³/mol. The normalized spacial score (nSPS) is 26.1. The number of nitrogens with two attached hydrogens (primary N) is 1. The van der Waals surface area contributed by atoms with E-state index in [4.69, 9.17) is 5.73 Å². The SMILES string of the molecule is CC1CCN(Cc2ccc(N)cc2Br)CC1C. The van der Waals surface area contributed by atoms with E-state index < -0.39 is 0 Å². The number of likely N-dealkylation sites (tertiary alicyclic amines) is 1. The monoisotopic (exact) mass is 296 g/mol. The number of piperidine rings is 1. The van der Waals surface area contributed by atoms with E-state index in [-0.39, 0.29) is 0 Å². The fourth-order valence-electron chi connectivity index (χ4n) is 2.43. The van der Waals surface area contributed by atoms with Gasteiger partial charge in [0.1, 0.15) is 0 Å². The van der Waals surface area contributed by atoms with Crippen molar-refractivity contribution < 1.29 is 0 Å². The van der Waals surface area contributed by atoms with Gasteiger partial charge in [-0.1, -0.05) is 35.8 Å². The van der Waals surface area contributed by atoms with E-state index in [1.54, 1.807) is 0 Å². The van der Waals surface area contributed by atoms with Crippen LogP contribution in [0.25, 0.3) is 0 Å². The van der Waals surface area contributed by atoms with Crippen LogP contribution in [-0.2, 0) is 6.54 Å². The van der Waals surface area contributed by atoms with Gasteiger partial charge in [-0.3, -0.25) is 4.90 Å². The molecule has 2 unspecified atom stereocenters. The minimum absolute atomic E-state index is 0.802. The van der Waals surface area contributed by atoms with Gasteiger partial charge in [0.2, 0.25) is 0 Å². The summed E-state index contributed by atoms with van der Waals surface area (Å²) in [6, 6.07) is 6.10. The van der Waals surface area contributed by atoms with Crippen LogP contribution < -0.4 is 5.73 Å². The summed E-state index contributed by atoms with van der Waals surface area (Å²) in [5.74, 6) is 1.66. The van der Waals surface area contributed by atoms with Crippen LogP contribution >= 0.6 is 15.9 Å². The van der Waals surface area contributed by atoms with E-state index in [1.807, 2.05) is 12.1 Å². The molecule has 1 fully saturated rings. The van der Waals surface area contributed by atoms with Gasteiger partial charge in [0.05, 0.1) is 0 Å². The fourth-order valence-corrected chi connectivity index (χ4v) is 2.95. The van der Waals surface area contributed by atoms with Crippen molar-refractivity contribution >= 4 is 21.6 Å². The Morgan fingerprint density at radius 2 is 2.12 bits per heavy atom. The average Bonchev–Trinajstić information content (AvgIpc) is 2.27. The quantitative estimate of drug-likeness (QED) is 0.846. The molecule has 1 heterocycles. The van der Waals surface area contributed by atoms with E-state index in [0.717, 1.165) is 28.5 Å². The molecule has 0 saturated carbocycles. The lowest BCUT2D eigenvalue weighted by Gasteiger charge is -2.35. The highest BCUT2D eigenvalue weighted by molar-refractivity contribution is 9.10. The molecule has 0 amide bonds. The number of nitrogen functional groups attached to an aromatic ring is 1. The molecule has 17 heavy (non-hydrogen) atoms. The highest BCUT2D eigenvalue weighted by Crippen LogP contribution is 2.26. The van der Waals surface area contributed by atoms with E-state index in [0.29, 0.717) is 0 Å². The molecule has 1 aromatic rings. The molecule has 1 aliphatic heterocycles. The van der Waals surface area contributed by atoms with Crippen molar-refractivity contribution in [1.82, 2.24) is 4.90 Å². The second kappa shape index (κ2) is 5.40. The Kier molecular flexibility index (Phi) is 4.10. The van der Waals surface area contributed by atoms with E-state index in [9.17, 15) is 0 Å². The molecule has 1 aromatic carbocycles. The lowest BCUT2D eigenvalue weighted by atomic mass is 9.88. The third kappa shape index (κ3) is 3.23. The summed E-state index contributed by atoms with van der Waals surface area (Å²) in [7, 11) is 0. The third-order valence-electron chi connectivity index (χ3n) is 3.89. The van der Waals surface area contributed by atoms with Crippen LogP contribution in [0.3, 0.4) is 0 Å². The number of hydrogen-bond acceptors (Lipinski definition) is 2. The predicted octanol–water partition coefficient (Wildman–Crippen LogP) is 3.51. The Morgan fingerprint density at radius 1 is 1.35 bits per heavy atom. The van der Waals surface area contributed by atoms with Crippen LogP contribution in [0.1, 0.15) is 25.8 Å². The summed E-state index contributed by atoms with van der Waals surface area (Å²) in [5, 5.41) is 0. The van der Waals surface area contributed by atoms with Gasteiger partial charge in [0.25, 0.3) is 0 Å². The standard InChI is InChI=1S/C14H21BrN2/c1-10-5-6-17(8-11(10)2)9-12-3-4-13(16)7-14(12)15/h3-4,7,10-11H,5-6,8-9,16H2,1-2H3. The van der Waals surface area contributed by atoms with Gasteiger partial charge in [-0.05, 0) is 42.5 Å². The summed E-state index contributed by atoms with van der Waals surface area (Å²) >= 11 is 3.59. The number of benzene rings is 1. The van der Waals surface area contributed by atoms with Crippen molar-refractivity contribution in [2.75, 3.05) is 18.8 Å². The first-order valence-corrected chi connectivity index (χ1v) is 7.12. The Bertz CT molecular complexity index is 392. The van der Waals surface area contributed by atoms with Gasteiger partial charge < -0.3 is 5.73 Å². The maximum absolute atomic E-state index is 5.76.